The van der Waals surface area contributed by atoms with Gasteiger partial charge in [-0.15, -0.1) is 6.42 Å². The number of carbonyl (C=O) groups is 1. The van der Waals surface area contributed by atoms with Gasteiger partial charge >= 0.3 is 5.97 Å². The maximum atomic E-state index is 12.4. The van der Waals surface area contributed by atoms with Crippen LogP contribution in [0, 0.1) is 19.3 Å². The molecule has 0 amide bonds. The van der Waals surface area contributed by atoms with Gasteiger partial charge in [0.15, 0.2) is 0 Å². The van der Waals surface area contributed by atoms with Gasteiger partial charge in [-0.25, -0.2) is 9.78 Å². The molecule has 0 fully saturated rings. The number of rotatable bonds is 4. The lowest BCUT2D eigenvalue weighted by atomic mass is 10.0. The van der Waals surface area contributed by atoms with E-state index in [9.17, 15) is 14.7 Å². The Balaban J connectivity index is 1.87. The summed E-state index contributed by atoms with van der Waals surface area (Å²) in [5.74, 6) is 2.23. The minimum absolute atomic E-state index is 0.100. The Morgan fingerprint density at radius 3 is 2.93 bits per heavy atom. The van der Waals surface area contributed by atoms with Crippen LogP contribution in [0.1, 0.15) is 39.8 Å². The fourth-order valence-corrected chi connectivity index (χ4v) is 4.03. The van der Waals surface area contributed by atoms with Crippen LogP contribution < -0.4 is 10.5 Å². The number of H-pyrrole nitrogens is 1. The standard InChI is InChI=1S/C22H19N3O3/c1-3-10-25(19-7-5-4-6-15(19)22(27)28)20-9-8-14-11-18-17(12-16(14)20)21(26)24-13(2)23-18/h1,4-7,11-12,20H,8-10H2,2H3,(H,27,28)(H,23,24,26). The molecule has 0 saturated carbocycles. The third-order valence-corrected chi connectivity index (χ3v) is 5.21. The molecule has 1 atom stereocenters. The molecule has 0 aliphatic heterocycles. The van der Waals surface area contributed by atoms with E-state index in [-0.39, 0.29) is 23.7 Å². The van der Waals surface area contributed by atoms with Gasteiger partial charge < -0.3 is 15.0 Å². The third-order valence-electron chi connectivity index (χ3n) is 5.21. The van der Waals surface area contributed by atoms with Crippen molar-refractivity contribution < 1.29 is 9.90 Å². The van der Waals surface area contributed by atoms with E-state index in [0.29, 0.717) is 22.4 Å². The van der Waals surface area contributed by atoms with Gasteiger partial charge in [0, 0.05) is 0 Å². The lowest BCUT2D eigenvalue weighted by molar-refractivity contribution is 0.0697. The van der Waals surface area contributed by atoms with E-state index in [1.54, 1.807) is 31.2 Å². The first-order valence-electron chi connectivity index (χ1n) is 9.05. The van der Waals surface area contributed by atoms with Crippen molar-refractivity contribution in [1.82, 2.24) is 9.97 Å². The summed E-state index contributed by atoms with van der Waals surface area (Å²) in [5, 5.41) is 10.1. The van der Waals surface area contributed by atoms with Crippen molar-refractivity contribution in [3.63, 3.8) is 0 Å². The van der Waals surface area contributed by atoms with Gasteiger partial charge in [0.1, 0.15) is 5.82 Å². The number of hydrogen-bond donors (Lipinski definition) is 2. The lowest BCUT2D eigenvalue weighted by Gasteiger charge is -2.31. The van der Waals surface area contributed by atoms with Gasteiger partial charge in [-0.2, -0.15) is 0 Å². The minimum atomic E-state index is -0.995. The van der Waals surface area contributed by atoms with Crippen LogP contribution in [0.15, 0.2) is 41.2 Å². The number of aromatic carboxylic acids is 1. The number of anilines is 1. The minimum Gasteiger partial charge on any atom is -0.478 e. The van der Waals surface area contributed by atoms with E-state index < -0.39 is 5.97 Å². The Labute approximate surface area is 161 Å². The third kappa shape index (κ3) is 2.91. The van der Waals surface area contributed by atoms with Crippen molar-refractivity contribution in [2.24, 2.45) is 0 Å². The van der Waals surface area contributed by atoms with Crippen LogP contribution >= 0.6 is 0 Å². The van der Waals surface area contributed by atoms with Gasteiger partial charge in [0.2, 0.25) is 0 Å². The average molecular weight is 373 g/mol. The number of nitrogens with zero attached hydrogens (tertiary/aromatic N) is 2. The lowest BCUT2D eigenvalue weighted by Crippen LogP contribution is -2.29. The number of aryl methyl sites for hydroxylation is 2. The number of carboxylic acid groups (broad SMARTS) is 1. The highest BCUT2D eigenvalue weighted by atomic mass is 16.4. The highest BCUT2D eigenvalue weighted by Crippen LogP contribution is 2.40. The Kier molecular flexibility index (Phi) is 4.36. The number of fused-ring (bicyclic) bond motifs is 2. The van der Waals surface area contributed by atoms with Crippen molar-refractivity contribution in [2.45, 2.75) is 25.8 Å². The smallest absolute Gasteiger partial charge is 0.337 e. The van der Waals surface area contributed by atoms with Gasteiger partial charge in [0.05, 0.1) is 34.7 Å². The summed E-state index contributed by atoms with van der Waals surface area (Å²) in [6.07, 6.45) is 7.22. The van der Waals surface area contributed by atoms with Crippen molar-refractivity contribution in [2.75, 3.05) is 11.4 Å². The second-order valence-corrected chi connectivity index (χ2v) is 6.93. The summed E-state index contributed by atoms with van der Waals surface area (Å²) < 4.78 is 0. The molecule has 1 aromatic heterocycles. The monoisotopic (exact) mass is 373 g/mol. The molecule has 1 aliphatic rings. The van der Waals surface area contributed by atoms with Crippen molar-refractivity contribution >= 4 is 22.6 Å². The Morgan fingerprint density at radius 1 is 1.39 bits per heavy atom. The molecule has 6 nitrogen and oxygen atoms in total. The molecule has 0 spiro atoms. The average Bonchev–Trinajstić information content (AvgIpc) is 3.07. The number of para-hydroxylation sites is 1. The molecular formula is C22H19N3O3. The molecule has 2 aromatic carbocycles. The quantitative estimate of drug-likeness (QED) is 0.687. The van der Waals surface area contributed by atoms with Crippen molar-refractivity contribution in [1.29, 1.82) is 0 Å². The summed E-state index contributed by atoms with van der Waals surface area (Å²) in [4.78, 5) is 33.2. The van der Waals surface area contributed by atoms with Crippen molar-refractivity contribution in [3.8, 4) is 12.3 Å². The summed E-state index contributed by atoms with van der Waals surface area (Å²) in [5.41, 5.74) is 3.41. The zero-order chi connectivity index (χ0) is 19.8. The first-order chi connectivity index (χ1) is 13.5. The van der Waals surface area contributed by atoms with Gasteiger partial charge in [0.25, 0.3) is 5.56 Å². The molecule has 2 N–H and O–H groups in total. The zero-order valence-electron chi connectivity index (χ0n) is 15.4. The Hall–Kier alpha value is -3.59. The Bertz CT molecular complexity index is 1190. The molecule has 4 rings (SSSR count). The van der Waals surface area contributed by atoms with Crippen LogP contribution in [0.4, 0.5) is 5.69 Å². The van der Waals surface area contributed by atoms with Crippen LogP contribution in [-0.4, -0.2) is 27.6 Å². The van der Waals surface area contributed by atoms with Gasteiger partial charge in [-0.3, -0.25) is 4.79 Å². The van der Waals surface area contributed by atoms with Crippen LogP contribution in [0.5, 0.6) is 0 Å². The summed E-state index contributed by atoms with van der Waals surface area (Å²) in [6, 6.07) is 10.6. The summed E-state index contributed by atoms with van der Waals surface area (Å²) in [7, 11) is 0. The molecule has 0 radical (unpaired) electrons. The number of benzene rings is 2. The predicted octanol–water partition coefficient (Wildman–Crippen LogP) is 3.06. The van der Waals surface area contributed by atoms with Crippen LogP contribution in [0.2, 0.25) is 0 Å². The second kappa shape index (κ2) is 6.86. The van der Waals surface area contributed by atoms with Crippen LogP contribution in [0.25, 0.3) is 10.9 Å². The number of hydrogen-bond acceptors (Lipinski definition) is 4. The van der Waals surface area contributed by atoms with E-state index in [1.807, 2.05) is 17.0 Å². The molecule has 1 aliphatic carbocycles. The largest absolute Gasteiger partial charge is 0.478 e. The first-order valence-corrected chi connectivity index (χ1v) is 9.05. The van der Waals surface area contributed by atoms with Crippen LogP contribution in [-0.2, 0) is 6.42 Å². The molecule has 28 heavy (non-hydrogen) atoms. The number of aromatic amines is 1. The molecule has 1 unspecified atom stereocenters. The van der Waals surface area contributed by atoms with E-state index in [4.69, 9.17) is 6.42 Å². The van der Waals surface area contributed by atoms with E-state index in [0.717, 1.165) is 24.0 Å². The summed E-state index contributed by atoms with van der Waals surface area (Å²) >= 11 is 0. The molecule has 0 bridgehead atoms. The maximum Gasteiger partial charge on any atom is 0.337 e. The van der Waals surface area contributed by atoms with Gasteiger partial charge in [-0.05, 0) is 55.2 Å². The van der Waals surface area contributed by atoms with Crippen LogP contribution in [0.3, 0.4) is 0 Å². The number of terminal acetylenes is 1. The topological polar surface area (TPSA) is 86.3 Å². The molecule has 3 aromatic rings. The van der Waals surface area contributed by atoms with E-state index in [2.05, 4.69) is 15.9 Å². The predicted molar refractivity (Wildman–Crippen MR) is 108 cm³/mol. The molecular weight excluding hydrogens is 354 g/mol. The summed E-state index contributed by atoms with van der Waals surface area (Å²) in [6.45, 7) is 2.03. The highest BCUT2D eigenvalue weighted by Gasteiger charge is 2.30. The molecule has 0 saturated heterocycles. The molecule has 140 valence electrons. The fraction of sp³-hybridized carbons (Fsp3) is 0.227. The zero-order valence-corrected chi connectivity index (χ0v) is 15.4. The second-order valence-electron chi connectivity index (χ2n) is 6.93. The SMILES string of the molecule is C#CCN(c1ccccc1C(=O)O)C1CCc2cc3nc(C)[nH]c(=O)c3cc21. The van der Waals surface area contributed by atoms with Gasteiger partial charge in [-0.1, -0.05) is 18.1 Å². The number of carboxylic acids is 1. The number of nitrogens with one attached hydrogen (secondary N) is 1. The highest BCUT2D eigenvalue weighted by molar-refractivity contribution is 5.94. The first kappa shape index (κ1) is 17.8. The van der Waals surface area contributed by atoms with E-state index in [1.165, 1.54) is 0 Å². The normalized spacial score (nSPS) is 15.2. The van der Waals surface area contributed by atoms with Crippen molar-refractivity contribution in [3.05, 3.63) is 69.3 Å². The Morgan fingerprint density at radius 2 is 2.18 bits per heavy atom. The molecule has 6 heteroatoms. The fourth-order valence-electron chi connectivity index (χ4n) is 4.03. The maximum absolute atomic E-state index is 12.4. The molecule has 1 heterocycles. The van der Waals surface area contributed by atoms with E-state index >= 15 is 0 Å². The number of aromatic nitrogens is 2.